The molecule has 1 atom stereocenters. The fraction of sp³-hybridized carbons (Fsp3) is 0.391. The Morgan fingerprint density at radius 3 is 2.31 bits per heavy atom. The number of aromatic nitrogens is 4. The van der Waals surface area contributed by atoms with E-state index in [1.807, 2.05) is 0 Å². The molecule has 1 saturated heterocycles. The zero-order valence-corrected chi connectivity index (χ0v) is 20.7. The molecule has 1 amide bonds. The molecule has 0 radical (unpaired) electrons. The van der Waals surface area contributed by atoms with Crippen LogP contribution < -0.4 is 5.32 Å². The van der Waals surface area contributed by atoms with E-state index in [0.717, 1.165) is 51.8 Å². The van der Waals surface area contributed by atoms with Crippen molar-refractivity contribution in [1.82, 2.24) is 29.4 Å². The molecule has 1 saturated carbocycles. The summed E-state index contributed by atoms with van der Waals surface area (Å²) in [6.07, 6.45) is -3.50. The molecule has 16 heteroatoms. The van der Waals surface area contributed by atoms with Crippen molar-refractivity contribution in [2.45, 2.75) is 61.3 Å². The van der Waals surface area contributed by atoms with Gasteiger partial charge in [-0.25, -0.2) is 36.2 Å². The number of rotatable bonds is 7. The summed E-state index contributed by atoms with van der Waals surface area (Å²) in [6, 6.07) is 3.12. The number of sulfonamides is 1. The Balaban J connectivity index is 1.35. The van der Waals surface area contributed by atoms with Crippen LogP contribution in [0.4, 0.5) is 26.3 Å². The summed E-state index contributed by atoms with van der Waals surface area (Å²) >= 11 is 0. The number of halogens is 6. The average molecular weight is 575 g/mol. The van der Waals surface area contributed by atoms with Crippen molar-refractivity contribution >= 4 is 15.9 Å². The quantitative estimate of drug-likeness (QED) is 0.431. The highest BCUT2D eigenvalue weighted by Crippen LogP contribution is 2.54. The lowest BCUT2D eigenvalue weighted by atomic mass is 10.1. The summed E-state index contributed by atoms with van der Waals surface area (Å²) in [5.41, 5.74) is -1.71. The third-order valence-corrected chi connectivity index (χ3v) is 8.80. The molecule has 1 aliphatic heterocycles. The summed E-state index contributed by atoms with van der Waals surface area (Å²) in [6.45, 7) is -0.450. The van der Waals surface area contributed by atoms with Crippen LogP contribution >= 0.6 is 0 Å². The van der Waals surface area contributed by atoms with Gasteiger partial charge in [-0.1, -0.05) is 0 Å². The minimum atomic E-state index is -4.79. The number of carbonyl (C=O) groups is 1. The molecule has 3 heterocycles. The van der Waals surface area contributed by atoms with Crippen LogP contribution in [0.1, 0.15) is 49.2 Å². The van der Waals surface area contributed by atoms with Gasteiger partial charge in [-0.15, -0.1) is 0 Å². The van der Waals surface area contributed by atoms with Crippen LogP contribution in [0.2, 0.25) is 0 Å². The van der Waals surface area contributed by atoms with Crippen molar-refractivity contribution in [3.63, 3.8) is 0 Å². The van der Waals surface area contributed by atoms with E-state index < -0.39 is 64.0 Å². The van der Waals surface area contributed by atoms with E-state index in [1.165, 1.54) is 0 Å². The molecule has 39 heavy (non-hydrogen) atoms. The Kier molecular flexibility index (Phi) is 6.65. The third kappa shape index (κ3) is 5.09. The van der Waals surface area contributed by atoms with Gasteiger partial charge in [0.05, 0.1) is 17.3 Å². The Labute approximate surface area is 217 Å². The second kappa shape index (κ2) is 9.59. The predicted molar refractivity (Wildman–Crippen MR) is 121 cm³/mol. The van der Waals surface area contributed by atoms with Crippen molar-refractivity contribution in [2.75, 3.05) is 0 Å². The molecule has 9 nitrogen and oxygen atoms in total. The SMILES string of the molecule is O=C(NCc1cn(-c2cnc(C(F)(F)F)nc2)nc1C(F)F)[C@@H]1CCC2(CC2)N1S(=O)(=O)c1ccc(F)cc1. The summed E-state index contributed by atoms with van der Waals surface area (Å²) in [7, 11) is -4.17. The number of nitrogens with zero attached hydrogens (tertiary/aromatic N) is 5. The Bertz CT molecular complexity index is 1490. The molecular formula is C23H20F6N6O3S. The minimum Gasteiger partial charge on any atom is -0.350 e. The van der Waals surface area contributed by atoms with Crippen LogP contribution in [0, 0.1) is 5.82 Å². The second-order valence-electron chi connectivity index (χ2n) is 9.30. The van der Waals surface area contributed by atoms with Gasteiger partial charge in [0.25, 0.3) is 6.43 Å². The smallest absolute Gasteiger partial charge is 0.350 e. The van der Waals surface area contributed by atoms with Gasteiger partial charge in [-0.05, 0) is 49.9 Å². The van der Waals surface area contributed by atoms with Gasteiger partial charge < -0.3 is 5.32 Å². The van der Waals surface area contributed by atoms with Gasteiger partial charge in [-0.2, -0.15) is 22.6 Å². The molecule has 1 aliphatic carbocycles. The van der Waals surface area contributed by atoms with E-state index in [0.29, 0.717) is 19.3 Å². The first kappa shape index (κ1) is 27.1. The van der Waals surface area contributed by atoms with E-state index >= 15 is 0 Å². The number of alkyl halides is 5. The number of amides is 1. The van der Waals surface area contributed by atoms with Gasteiger partial charge >= 0.3 is 6.18 Å². The largest absolute Gasteiger partial charge is 0.451 e. The van der Waals surface area contributed by atoms with Crippen molar-refractivity contribution < 1.29 is 39.6 Å². The van der Waals surface area contributed by atoms with Gasteiger partial charge in [0.1, 0.15) is 23.2 Å². The van der Waals surface area contributed by atoms with Gasteiger partial charge in [0, 0.05) is 23.8 Å². The third-order valence-electron chi connectivity index (χ3n) is 6.77. The molecule has 3 aromatic rings. The zero-order valence-electron chi connectivity index (χ0n) is 19.9. The van der Waals surface area contributed by atoms with E-state index in [1.54, 1.807) is 0 Å². The monoisotopic (exact) mass is 574 g/mol. The highest BCUT2D eigenvalue weighted by Gasteiger charge is 2.61. The Hall–Kier alpha value is -3.53. The first-order valence-corrected chi connectivity index (χ1v) is 13.1. The van der Waals surface area contributed by atoms with Crippen molar-refractivity contribution in [3.05, 3.63) is 65.8 Å². The summed E-state index contributed by atoms with van der Waals surface area (Å²) in [4.78, 5) is 19.3. The highest BCUT2D eigenvalue weighted by molar-refractivity contribution is 7.89. The van der Waals surface area contributed by atoms with E-state index in [9.17, 15) is 39.6 Å². The molecule has 0 unspecified atom stereocenters. The lowest BCUT2D eigenvalue weighted by Gasteiger charge is -2.28. The molecule has 1 N–H and O–H groups in total. The maximum absolute atomic E-state index is 13.7. The van der Waals surface area contributed by atoms with Gasteiger partial charge in [0.2, 0.25) is 21.8 Å². The standard InChI is InChI=1S/C23H20F6N6O3S/c24-14-1-3-16(4-2-14)39(37,38)35-17(5-6-22(35)7-8-22)20(36)30-9-13-12-34(33-18(13)19(25)26)15-10-31-21(32-11-15)23(27,28)29/h1-4,10-12,17,19H,5-9H2,(H,30,36)/t17-/m0/s1. The maximum Gasteiger partial charge on any atom is 0.451 e. The topological polar surface area (TPSA) is 110 Å². The van der Waals surface area contributed by atoms with E-state index in [-0.39, 0.29) is 22.6 Å². The van der Waals surface area contributed by atoms with Crippen molar-refractivity contribution in [1.29, 1.82) is 0 Å². The van der Waals surface area contributed by atoms with Gasteiger partial charge in [-0.3, -0.25) is 4.79 Å². The number of hydrogen-bond acceptors (Lipinski definition) is 6. The summed E-state index contributed by atoms with van der Waals surface area (Å²) < 4.78 is 108. The first-order valence-electron chi connectivity index (χ1n) is 11.7. The van der Waals surface area contributed by atoms with Crippen molar-refractivity contribution in [2.24, 2.45) is 0 Å². The molecule has 5 rings (SSSR count). The zero-order chi connectivity index (χ0) is 28.2. The number of nitrogens with one attached hydrogen (secondary N) is 1. The lowest BCUT2D eigenvalue weighted by Crippen LogP contribution is -2.49. The maximum atomic E-state index is 13.7. The van der Waals surface area contributed by atoms with Crippen LogP contribution in [-0.4, -0.2) is 50.0 Å². The molecule has 1 spiro atoms. The molecule has 0 bridgehead atoms. The molecule has 2 aliphatic rings. The second-order valence-corrected chi connectivity index (χ2v) is 11.1. The molecule has 2 aromatic heterocycles. The van der Waals surface area contributed by atoms with Crippen LogP contribution in [0.3, 0.4) is 0 Å². The Morgan fingerprint density at radius 2 is 1.74 bits per heavy atom. The first-order chi connectivity index (χ1) is 18.3. The van der Waals surface area contributed by atoms with Crippen LogP contribution in [-0.2, 0) is 27.5 Å². The fourth-order valence-corrected chi connectivity index (χ4v) is 6.75. The van der Waals surface area contributed by atoms with E-state index in [2.05, 4.69) is 20.4 Å². The van der Waals surface area contributed by atoms with Gasteiger partial charge in [0.15, 0.2) is 0 Å². The lowest BCUT2D eigenvalue weighted by molar-refractivity contribution is -0.145. The van der Waals surface area contributed by atoms with Crippen LogP contribution in [0.5, 0.6) is 0 Å². The minimum absolute atomic E-state index is 0.120. The molecule has 2 fully saturated rings. The summed E-state index contributed by atoms with van der Waals surface area (Å²) in [5, 5.41) is 6.18. The number of benzene rings is 1. The molecular weight excluding hydrogens is 554 g/mol. The van der Waals surface area contributed by atoms with Crippen LogP contribution in [0.25, 0.3) is 5.69 Å². The highest BCUT2D eigenvalue weighted by atomic mass is 32.2. The normalized spacial score (nSPS) is 19.1. The number of carbonyl (C=O) groups excluding carboxylic acids is 1. The fourth-order valence-electron chi connectivity index (χ4n) is 4.72. The van der Waals surface area contributed by atoms with E-state index in [4.69, 9.17) is 0 Å². The molecule has 1 aromatic carbocycles. The average Bonchev–Trinajstić information content (AvgIpc) is 3.34. The number of hydrogen-bond donors (Lipinski definition) is 1. The molecule has 208 valence electrons. The van der Waals surface area contributed by atoms with Crippen LogP contribution in [0.15, 0.2) is 47.8 Å². The predicted octanol–water partition coefficient (Wildman–Crippen LogP) is 3.76. The van der Waals surface area contributed by atoms with Crippen molar-refractivity contribution in [3.8, 4) is 5.69 Å². The summed E-state index contributed by atoms with van der Waals surface area (Å²) in [5.74, 6) is -2.75. The Morgan fingerprint density at radius 1 is 1.10 bits per heavy atom.